The number of hydrogen-bond donors (Lipinski definition) is 1. The van der Waals surface area contributed by atoms with Crippen LogP contribution in [0.3, 0.4) is 0 Å². The molecule has 0 saturated heterocycles. The van der Waals surface area contributed by atoms with Crippen LogP contribution in [0.25, 0.3) is 0 Å². The Morgan fingerprint density at radius 3 is 2.35 bits per heavy atom. The van der Waals surface area contributed by atoms with Crippen molar-refractivity contribution >= 4 is 23.0 Å². The van der Waals surface area contributed by atoms with Crippen LogP contribution >= 0.6 is 11.6 Å². The third kappa shape index (κ3) is 3.36. The van der Waals surface area contributed by atoms with Crippen molar-refractivity contribution in [2.24, 2.45) is 0 Å². The third-order valence-corrected chi connectivity index (χ3v) is 3.39. The van der Waals surface area contributed by atoms with Crippen LogP contribution in [0.1, 0.15) is 18.6 Å². The number of hydrogen-bond acceptors (Lipinski definition) is 3. The first-order valence-corrected chi connectivity index (χ1v) is 6.84. The minimum absolute atomic E-state index is 0.0908. The van der Waals surface area contributed by atoms with Crippen molar-refractivity contribution < 1.29 is 4.74 Å². The Hall–Kier alpha value is -1.87. The topological polar surface area (TPSA) is 38.5 Å². The molecule has 0 radical (unpaired) electrons. The molecule has 4 heteroatoms. The van der Waals surface area contributed by atoms with Crippen LogP contribution in [-0.2, 0) is 0 Å². The second-order valence-electron chi connectivity index (χ2n) is 4.93. The van der Waals surface area contributed by atoms with Gasteiger partial charge in [0.2, 0.25) is 0 Å². The molecule has 20 heavy (non-hydrogen) atoms. The number of anilines is 2. The highest BCUT2D eigenvalue weighted by Crippen LogP contribution is 2.30. The van der Waals surface area contributed by atoms with Crippen LogP contribution in [0.4, 0.5) is 11.4 Å². The monoisotopic (exact) mass is 290 g/mol. The lowest BCUT2D eigenvalue weighted by Crippen LogP contribution is -2.09. The number of rotatable bonds is 4. The number of halogens is 1. The molecular formula is C16H19ClN2O. The zero-order valence-corrected chi connectivity index (χ0v) is 12.7. The minimum atomic E-state index is -0.0908. The number of nitrogen functional groups attached to an aromatic ring is 1. The molecule has 2 aromatic carbocycles. The average Bonchev–Trinajstić information content (AvgIpc) is 2.43. The average molecular weight is 291 g/mol. The molecule has 0 aliphatic heterocycles. The molecule has 3 nitrogen and oxygen atoms in total. The molecule has 0 bridgehead atoms. The quantitative estimate of drug-likeness (QED) is 0.861. The molecule has 0 amide bonds. The standard InChI is InChI=1S/C16H19ClN2O/c1-11(12-4-7-14(8-5-12)19(2)3)20-16-10-13(17)6-9-15(16)18/h4-11H,18H2,1-3H3. The van der Waals surface area contributed by atoms with Gasteiger partial charge < -0.3 is 15.4 Å². The van der Waals surface area contributed by atoms with Gasteiger partial charge in [-0.15, -0.1) is 0 Å². The fourth-order valence-electron chi connectivity index (χ4n) is 1.91. The van der Waals surface area contributed by atoms with Crippen molar-refractivity contribution in [3.63, 3.8) is 0 Å². The minimum Gasteiger partial charge on any atom is -0.484 e. The second-order valence-corrected chi connectivity index (χ2v) is 5.36. The van der Waals surface area contributed by atoms with E-state index in [2.05, 4.69) is 29.2 Å². The molecule has 0 fully saturated rings. The molecule has 1 unspecified atom stereocenters. The van der Waals surface area contributed by atoms with Gasteiger partial charge >= 0.3 is 0 Å². The number of nitrogens with two attached hydrogens (primary N) is 1. The zero-order chi connectivity index (χ0) is 14.7. The lowest BCUT2D eigenvalue weighted by molar-refractivity contribution is 0.228. The van der Waals surface area contributed by atoms with Gasteiger partial charge in [0.05, 0.1) is 5.69 Å². The van der Waals surface area contributed by atoms with Gasteiger partial charge in [0.1, 0.15) is 11.9 Å². The first-order chi connectivity index (χ1) is 9.47. The van der Waals surface area contributed by atoms with E-state index in [1.807, 2.05) is 21.0 Å². The van der Waals surface area contributed by atoms with E-state index in [0.717, 1.165) is 11.3 Å². The third-order valence-electron chi connectivity index (χ3n) is 3.16. The summed E-state index contributed by atoms with van der Waals surface area (Å²) in [6, 6.07) is 13.5. The molecule has 0 aliphatic rings. The fourth-order valence-corrected chi connectivity index (χ4v) is 2.07. The summed E-state index contributed by atoms with van der Waals surface area (Å²) in [4.78, 5) is 2.06. The van der Waals surface area contributed by atoms with Crippen molar-refractivity contribution in [1.29, 1.82) is 0 Å². The molecule has 0 spiro atoms. The van der Waals surface area contributed by atoms with Gasteiger partial charge in [-0.1, -0.05) is 23.7 Å². The molecule has 1 atom stereocenters. The van der Waals surface area contributed by atoms with Gasteiger partial charge in [0, 0.05) is 30.9 Å². The Bertz CT molecular complexity index is 582. The molecule has 2 aromatic rings. The highest BCUT2D eigenvalue weighted by atomic mass is 35.5. The smallest absolute Gasteiger partial charge is 0.144 e. The fraction of sp³-hybridized carbons (Fsp3) is 0.250. The van der Waals surface area contributed by atoms with Crippen LogP contribution < -0.4 is 15.4 Å². The summed E-state index contributed by atoms with van der Waals surface area (Å²) >= 11 is 5.96. The summed E-state index contributed by atoms with van der Waals surface area (Å²) in [5.41, 5.74) is 8.73. The maximum absolute atomic E-state index is 5.96. The van der Waals surface area contributed by atoms with E-state index in [0.29, 0.717) is 16.5 Å². The summed E-state index contributed by atoms with van der Waals surface area (Å²) in [6.45, 7) is 1.99. The Balaban J connectivity index is 2.15. The molecule has 0 aliphatic carbocycles. The predicted octanol–water partition coefficient (Wildman–Crippen LogP) is 4.13. The molecule has 0 heterocycles. The van der Waals surface area contributed by atoms with E-state index in [9.17, 15) is 0 Å². The van der Waals surface area contributed by atoms with Gasteiger partial charge in [0.25, 0.3) is 0 Å². The van der Waals surface area contributed by atoms with E-state index in [1.165, 1.54) is 0 Å². The largest absolute Gasteiger partial charge is 0.484 e. The summed E-state index contributed by atoms with van der Waals surface area (Å²) in [7, 11) is 4.03. The Morgan fingerprint density at radius 2 is 1.75 bits per heavy atom. The molecular weight excluding hydrogens is 272 g/mol. The van der Waals surface area contributed by atoms with Crippen LogP contribution in [0, 0.1) is 0 Å². The first-order valence-electron chi connectivity index (χ1n) is 6.46. The lowest BCUT2D eigenvalue weighted by Gasteiger charge is -2.18. The molecule has 0 saturated carbocycles. The van der Waals surface area contributed by atoms with Crippen LogP contribution in [0.15, 0.2) is 42.5 Å². The molecule has 0 aromatic heterocycles. The SMILES string of the molecule is CC(Oc1cc(Cl)ccc1N)c1ccc(N(C)C)cc1. The van der Waals surface area contributed by atoms with Gasteiger partial charge in [-0.2, -0.15) is 0 Å². The van der Waals surface area contributed by atoms with E-state index in [4.69, 9.17) is 22.1 Å². The van der Waals surface area contributed by atoms with Gasteiger partial charge in [-0.05, 0) is 36.8 Å². The van der Waals surface area contributed by atoms with Gasteiger partial charge in [0.15, 0.2) is 0 Å². The first kappa shape index (κ1) is 14.5. The Morgan fingerprint density at radius 1 is 1.10 bits per heavy atom. The van der Waals surface area contributed by atoms with Gasteiger partial charge in [-0.25, -0.2) is 0 Å². The van der Waals surface area contributed by atoms with Crippen molar-refractivity contribution in [1.82, 2.24) is 0 Å². The summed E-state index contributed by atoms with van der Waals surface area (Å²) < 4.78 is 5.89. The zero-order valence-electron chi connectivity index (χ0n) is 11.9. The van der Waals surface area contributed by atoms with Crippen molar-refractivity contribution in [3.8, 4) is 5.75 Å². The molecule has 2 N–H and O–H groups in total. The van der Waals surface area contributed by atoms with E-state index in [-0.39, 0.29) is 6.10 Å². The normalized spacial score (nSPS) is 12.0. The highest BCUT2D eigenvalue weighted by molar-refractivity contribution is 6.30. The summed E-state index contributed by atoms with van der Waals surface area (Å²) in [6.07, 6.45) is -0.0908. The second kappa shape index (κ2) is 6.06. The molecule has 2 rings (SSSR count). The predicted molar refractivity (Wildman–Crippen MR) is 85.7 cm³/mol. The van der Waals surface area contributed by atoms with Crippen molar-refractivity contribution in [2.45, 2.75) is 13.0 Å². The van der Waals surface area contributed by atoms with Crippen LogP contribution in [-0.4, -0.2) is 14.1 Å². The maximum Gasteiger partial charge on any atom is 0.144 e. The van der Waals surface area contributed by atoms with Gasteiger partial charge in [-0.3, -0.25) is 0 Å². The van der Waals surface area contributed by atoms with E-state index in [1.54, 1.807) is 18.2 Å². The Labute approximate surface area is 124 Å². The number of benzene rings is 2. The van der Waals surface area contributed by atoms with Crippen molar-refractivity contribution in [3.05, 3.63) is 53.1 Å². The van der Waals surface area contributed by atoms with Crippen molar-refractivity contribution in [2.75, 3.05) is 24.7 Å². The maximum atomic E-state index is 5.96. The molecule has 106 valence electrons. The lowest BCUT2D eigenvalue weighted by atomic mass is 10.1. The number of ether oxygens (including phenoxy) is 1. The number of nitrogens with zero attached hydrogens (tertiary/aromatic N) is 1. The van der Waals surface area contributed by atoms with Crippen LogP contribution in [0.2, 0.25) is 5.02 Å². The van der Waals surface area contributed by atoms with E-state index < -0.39 is 0 Å². The highest BCUT2D eigenvalue weighted by Gasteiger charge is 2.10. The van der Waals surface area contributed by atoms with Crippen LogP contribution in [0.5, 0.6) is 5.75 Å². The summed E-state index contributed by atoms with van der Waals surface area (Å²) in [5, 5.41) is 0.615. The summed E-state index contributed by atoms with van der Waals surface area (Å²) in [5.74, 6) is 0.613. The Kier molecular flexibility index (Phi) is 4.40. The van der Waals surface area contributed by atoms with E-state index >= 15 is 0 Å².